The van der Waals surface area contributed by atoms with Crippen LogP contribution in [0.3, 0.4) is 0 Å². The third kappa shape index (κ3) is 3.57. The summed E-state index contributed by atoms with van der Waals surface area (Å²) in [6, 6.07) is 4.81. The van der Waals surface area contributed by atoms with Gasteiger partial charge in [0.25, 0.3) is 0 Å². The summed E-state index contributed by atoms with van der Waals surface area (Å²) in [6.07, 6.45) is 5.36. The molecule has 0 fully saturated rings. The third-order valence-corrected chi connectivity index (χ3v) is 3.18. The lowest BCUT2D eigenvalue weighted by atomic mass is 10.1. The van der Waals surface area contributed by atoms with E-state index in [1.807, 2.05) is 6.20 Å². The number of rotatable bonds is 4. The van der Waals surface area contributed by atoms with Crippen molar-refractivity contribution in [1.29, 1.82) is 0 Å². The van der Waals surface area contributed by atoms with Crippen molar-refractivity contribution in [2.24, 2.45) is 0 Å². The van der Waals surface area contributed by atoms with Gasteiger partial charge >= 0.3 is 0 Å². The molecular formula is C15H23N3. The van der Waals surface area contributed by atoms with E-state index < -0.39 is 0 Å². The molecule has 0 spiro atoms. The van der Waals surface area contributed by atoms with Crippen LogP contribution in [0.5, 0.6) is 0 Å². The van der Waals surface area contributed by atoms with Gasteiger partial charge in [-0.25, -0.2) is 4.98 Å². The van der Waals surface area contributed by atoms with Crippen LogP contribution in [-0.4, -0.2) is 24.1 Å². The van der Waals surface area contributed by atoms with Crippen molar-refractivity contribution >= 4 is 5.82 Å². The molecule has 0 aliphatic carbocycles. The van der Waals surface area contributed by atoms with Crippen molar-refractivity contribution in [3.8, 4) is 0 Å². The van der Waals surface area contributed by atoms with Gasteiger partial charge in [0.05, 0.1) is 0 Å². The summed E-state index contributed by atoms with van der Waals surface area (Å²) < 4.78 is 0. The summed E-state index contributed by atoms with van der Waals surface area (Å²) in [7, 11) is 0. The van der Waals surface area contributed by atoms with Crippen LogP contribution < -0.4 is 10.2 Å². The van der Waals surface area contributed by atoms with Gasteiger partial charge in [-0.1, -0.05) is 25.5 Å². The van der Waals surface area contributed by atoms with Crippen molar-refractivity contribution in [3.05, 3.63) is 35.5 Å². The molecule has 0 saturated carbocycles. The van der Waals surface area contributed by atoms with E-state index in [4.69, 9.17) is 0 Å². The highest BCUT2D eigenvalue weighted by molar-refractivity contribution is 5.43. The molecule has 0 atom stereocenters. The lowest BCUT2D eigenvalue weighted by molar-refractivity contribution is 0.588. The van der Waals surface area contributed by atoms with E-state index in [1.54, 1.807) is 0 Å². The van der Waals surface area contributed by atoms with Gasteiger partial charge in [-0.2, -0.15) is 0 Å². The fraction of sp³-hybridized carbons (Fsp3) is 0.533. The smallest absolute Gasteiger partial charge is 0.129 e. The summed E-state index contributed by atoms with van der Waals surface area (Å²) in [5.41, 5.74) is 2.75. The molecule has 0 bridgehead atoms. The fourth-order valence-corrected chi connectivity index (χ4v) is 2.17. The molecule has 2 heterocycles. The van der Waals surface area contributed by atoms with E-state index in [0.29, 0.717) is 6.04 Å². The Kier molecular flexibility index (Phi) is 4.37. The Morgan fingerprint density at radius 2 is 2.28 bits per heavy atom. The van der Waals surface area contributed by atoms with Crippen molar-refractivity contribution < 1.29 is 0 Å². The van der Waals surface area contributed by atoms with E-state index in [2.05, 4.69) is 54.2 Å². The highest BCUT2D eigenvalue weighted by Crippen LogP contribution is 2.18. The number of anilines is 1. The zero-order valence-corrected chi connectivity index (χ0v) is 11.6. The predicted molar refractivity (Wildman–Crippen MR) is 76.8 cm³/mol. The van der Waals surface area contributed by atoms with E-state index >= 15 is 0 Å². The number of hydrogen-bond donors (Lipinski definition) is 1. The molecule has 1 N–H and O–H groups in total. The van der Waals surface area contributed by atoms with Crippen LogP contribution in [0.1, 0.15) is 32.8 Å². The molecule has 0 unspecified atom stereocenters. The standard InChI is InChI=1S/C15H23N3/c1-12(2)17-10-14-6-7-16-15(9-14)18-8-4-5-13(3)11-18/h5-7,9,12,17H,4,8,10-11H2,1-3H3. The molecule has 0 aromatic carbocycles. The van der Waals surface area contributed by atoms with Gasteiger partial charge in [0.15, 0.2) is 0 Å². The van der Waals surface area contributed by atoms with E-state index in [9.17, 15) is 0 Å². The number of nitrogens with one attached hydrogen (secondary N) is 1. The highest BCUT2D eigenvalue weighted by Gasteiger charge is 2.12. The largest absolute Gasteiger partial charge is 0.352 e. The molecule has 3 heteroatoms. The second-order valence-corrected chi connectivity index (χ2v) is 5.32. The first-order chi connectivity index (χ1) is 8.65. The predicted octanol–water partition coefficient (Wildman–Crippen LogP) is 2.74. The second kappa shape index (κ2) is 6.01. The number of pyridine rings is 1. The summed E-state index contributed by atoms with van der Waals surface area (Å²) in [5.74, 6) is 1.10. The summed E-state index contributed by atoms with van der Waals surface area (Å²) in [5, 5.41) is 3.44. The Bertz CT molecular complexity index is 424. The first kappa shape index (κ1) is 13.1. The normalized spacial score (nSPS) is 16.0. The van der Waals surface area contributed by atoms with E-state index in [-0.39, 0.29) is 0 Å². The number of aromatic nitrogens is 1. The van der Waals surface area contributed by atoms with Gasteiger partial charge in [0.1, 0.15) is 5.82 Å². The zero-order valence-electron chi connectivity index (χ0n) is 11.6. The molecule has 1 aliphatic rings. The molecular weight excluding hydrogens is 222 g/mol. The van der Waals surface area contributed by atoms with Gasteiger partial charge in [0, 0.05) is 31.9 Å². The summed E-state index contributed by atoms with van der Waals surface area (Å²) in [4.78, 5) is 6.85. The lowest BCUT2D eigenvalue weighted by Crippen LogP contribution is -2.30. The topological polar surface area (TPSA) is 28.2 Å². The van der Waals surface area contributed by atoms with Crippen LogP contribution in [0, 0.1) is 0 Å². The lowest BCUT2D eigenvalue weighted by Gasteiger charge is -2.27. The Morgan fingerprint density at radius 1 is 1.44 bits per heavy atom. The molecule has 18 heavy (non-hydrogen) atoms. The van der Waals surface area contributed by atoms with Crippen LogP contribution >= 0.6 is 0 Å². The summed E-state index contributed by atoms with van der Waals surface area (Å²) >= 11 is 0. The molecule has 2 rings (SSSR count). The van der Waals surface area contributed by atoms with E-state index in [0.717, 1.165) is 31.9 Å². The van der Waals surface area contributed by atoms with E-state index in [1.165, 1.54) is 11.1 Å². The average Bonchev–Trinajstić information content (AvgIpc) is 2.37. The summed E-state index contributed by atoms with van der Waals surface area (Å²) in [6.45, 7) is 9.52. The molecule has 1 aliphatic heterocycles. The van der Waals surface area contributed by atoms with Crippen LogP contribution in [-0.2, 0) is 6.54 Å². The first-order valence-electron chi connectivity index (χ1n) is 6.74. The van der Waals surface area contributed by atoms with Crippen LogP contribution in [0.4, 0.5) is 5.82 Å². The Labute approximate surface area is 110 Å². The average molecular weight is 245 g/mol. The molecule has 1 aromatic rings. The second-order valence-electron chi connectivity index (χ2n) is 5.32. The Balaban J connectivity index is 2.05. The molecule has 1 aromatic heterocycles. The maximum atomic E-state index is 4.50. The van der Waals surface area contributed by atoms with Gasteiger partial charge in [-0.3, -0.25) is 0 Å². The third-order valence-electron chi connectivity index (χ3n) is 3.18. The van der Waals surface area contributed by atoms with Crippen molar-refractivity contribution in [2.45, 2.75) is 39.8 Å². The van der Waals surface area contributed by atoms with Crippen LogP contribution in [0.25, 0.3) is 0 Å². The fourth-order valence-electron chi connectivity index (χ4n) is 2.17. The Hall–Kier alpha value is -1.35. The van der Waals surface area contributed by atoms with Crippen LogP contribution in [0.15, 0.2) is 30.0 Å². The van der Waals surface area contributed by atoms with Gasteiger partial charge in [0.2, 0.25) is 0 Å². The maximum absolute atomic E-state index is 4.50. The molecule has 0 amide bonds. The maximum Gasteiger partial charge on any atom is 0.129 e. The van der Waals surface area contributed by atoms with Gasteiger partial charge in [-0.15, -0.1) is 0 Å². The molecule has 0 radical (unpaired) electrons. The minimum Gasteiger partial charge on any atom is -0.352 e. The van der Waals surface area contributed by atoms with Gasteiger partial charge in [-0.05, 0) is 31.0 Å². The quantitative estimate of drug-likeness (QED) is 0.827. The van der Waals surface area contributed by atoms with Gasteiger partial charge < -0.3 is 10.2 Å². The SMILES string of the molecule is CC1=CCCN(c2cc(CNC(C)C)ccn2)C1. The van der Waals surface area contributed by atoms with Crippen molar-refractivity contribution in [2.75, 3.05) is 18.0 Å². The minimum absolute atomic E-state index is 0.516. The highest BCUT2D eigenvalue weighted by atomic mass is 15.2. The Morgan fingerprint density at radius 3 is 3.00 bits per heavy atom. The molecule has 0 saturated heterocycles. The van der Waals surface area contributed by atoms with Crippen molar-refractivity contribution in [3.63, 3.8) is 0 Å². The molecule has 98 valence electrons. The first-order valence-corrected chi connectivity index (χ1v) is 6.74. The number of nitrogens with zero attached hydrogens (tertiary/aromatic N) is 2. The molecule has 3 nitrogen and oxygen atoms in total. The monoisotopic (exact) mass is 245 g/mol. The minimum atomic E-state index is 0.516. The van der Waals surface area contributed by atoms with Crippen LogP contribution in [0.2, 0.25) is 0 Å². The van der Waals surface area contributed by atoms with Crippen molar-refractivity contribution in [1.82, 2.24) is 10.3 Å². The number of hydrogen-bond acceptors (Lipinski definition) is 3. The zero-order chi connectivity index (χ0) is 13.0.